The van der Waals surface area contributed by atoms with Crippen LogP contribution in [-0.4, -0.2) is 73.1 Å². The van der Waals surface area contributed by atoms with Crippen molar-refractivity contribution in [2.24, 2.45) is 0 Å². The maximum absolute atomic E-state index is 12.7. The maximum Gasteiger partial charge on any atom is 0.307 e. The van der Waals surface area contributed by atoms with Gasteiger partial charge in [0, 0.05) is 14.1 Å². The highest BCUT2D eigenvalue weighted by atomic mass is 16.5. The molecule has 1 aromatic heterocycles. The first-order valence-corrected chi connectivity index (χ1v) is 8.98. The van der Waals surface area contributed by atoms with Gasteiger partial charge in [-0.05, 0) is 17.7 Å². The average Bonchev–Trinajstić information content (AvgIpc) is 3.20. The van der Waals surface area contributed by atoms with Crippen LogP contribution in [0.15, 0.2) is 24.4 Å². The molecule has 0 unspecified atom stereocenters. The summed E-state index contributed by atoms with van der Waals surface area (Å²) in [5, 5.41) is 10.3. The van der Waals surface area contributed by atoms with Crippen molar-refractivity contribution < 1.29 is 28.6 Å². The SMILES string of the molecule is COC(=O)C[C@@H](NC(=O)c1cn(CC(=O)N(C)C)nn1)c1ccc(OC)c(OC)c1. The van der Waals surface area contributed by atoms with Crippen LogP contribution in [0.25, 0.3) is 0 Å². The summed E-state index contributed by atoms with van der Waals surface area (Å²) in [4.78, 5) is 37.7. The Morgan fingerprint density at radius 2 is 1.83 bits per heavy atom. The van der Waals surface area contributed by atoms with Gasteiger partial charge in [-0.3, -0.25) is 14.4 Å². The summed E-state index contributed by atoms with van der Waals surface area (Å²) < 4.78 is 16.5. The van der Waals surface area contributed by atoms with Crippen molar-refractivity contribution in [3.05, 3.63) is 35.7 Å². The molecular formula is C19H25N5O6. The van der Waals surface area contributed by atoms with Gasteiger partial charge in [0.05, 0.1) is 40.0 Å². The van der Waals surface area contributed by atoms with E-state index in [-0.39, 0.29) is 24.6 Å². The summed E-state index contributed by atoms with van der Waals surface area (Å²) in [7, 11) is 7.50. The number of aromatic nitrogens is 3. The fourth-order valence-electron chi connectivity index (χ4n) is 2.56. The molecule has 0 saturated carbocycles. The van der Waals surface area contributed by atoms with Crippen LogP contribution in [0.3, 0.4) is 0 Å². The van der Waals surface area contributed by atoms with Gasteiger partial charge in [0.1, 0.15) is 6.54 Å². The van der Waals surface area contributed by atoms with Crippen molar-refractivity contribution in [1.29, 1.82) is 0 Å². The first kappa shape index (κ1) is 22.7. The summed E-state index contributed by atoms with van der Waals surface area (Å²) >= 11 is 0. The lowest BCUT2D eigenvalue weighted by Gasteiger charge is -2.19. The number of nitrogens with one attached hydrogen (secondary N) is 1. The van der Waals surface area contributed by atoms with Crippen LogP contribution in [0.2, 0.25) is 0 Å². The molecule has 2 amide bonds. The third-order valence-electron chi connectivity index (χ3n) is 4.28. The largest absolute Gasteiger partial charge is 0.493 e. The molecule has 0 aliphatic carbocycles. The van der Waals surface area contributed by atoms with Crippen LogP contribution < -0.4 is 14.8 Å². The highest BCUT2D eigenvalue weighted by Gasteiger charge is 2.23. The molecule has 11 nitrogen and oxygen atoms in total. The molecule has 0 aliphatic rings. The molecule has 30 heavy (non-hydrogen) atoms. The van der Waals surface area contributed by atoms with Crippen molar-refractivity contribution in [2.45, 2.75) is 19.0 Å². The number of nitrogens with zero attached hydrogens (tertiary/aromatic N) is 4. The number of carbonyl (C=O) groups excluding carboxylic acids is 3. The van der Waals surface area contributed by atoms with Crippen molar-refractivity contribution >= 4 is 17.8 Å². The smallest absolute Gasteiger partial charge is 0.307 e. The van der Waals surface area contributed by atoms with Crippen LogP contribution in [-0.2, 0) is 20.9 Å². The summed E-state index contributed by atoms with van der Waals surface area (Å²) in [5.74, 6) is -0.288. The van der Waals surface area contributed by atoms with E-state index < -0.39 is 17.9 Å². The fourth-order valence-corrected chi connectivity index (χ4v) is 2.56. The van der Waals surface area contributed by atoms with Crippen molar-refractivity contribution in [2.75, 3.05) is 35.4 Å². The second-order valence-corrected chi connectivity index (χ2v) is 6.51. The Bertz CT molecular complexity index is 911. The molecule has 2 aromatic rings. The lowest BCUT2D eigenvalue weighted by atomic mass is 10.0. The van der Waals surface area contributed by atoms with E-state index in [1.165, 1.54) is 37.1 Å². The molecule has 0 spiro atoms. The van der Waals surface area contributed by atoms with E-state index in [1.807, 2.05) is 0 Å². The lowest BCUT2D eigenvalue weighted by Crippen LogP contribution is -2.31. The number of amides is 2. The number of benzene rings is 1. The van der Waals surface area contributed by atoms with Gasteiger partial charge in [-0.15, -0.1) is 5.10 Å². The Hall–Kier alpha value is -3.63. The van der Waals surface area contributed by atoms with E-state index in [4.69, 9.17) is 14.2 Å². The first-order chi connectivity index (χ1) is 14.3. The van der Waals surface area contributed by atoms with Gasteiger partial charge in [-0.25, -0.2) is 4.68 Å². The van der Waals surface area contributed by atoms with Gasteiger partial charge < -0.3 is 24.4 Å². The standard InChI is InChI=1S/C19H25N5O6/c1-23(2)17(25)11-24-10-14(21-22-24)19(27)20-13(9-18(26)30-5)12-6-7-15(28-3)16(8-12)29-4/h6-8,10,13H,9,11H2,1-5H3,(H,20,27)/t13-/m1/s1. The normalized spacial score (nSPS) is 11.4. The van der Waals surface area contributed by atoms with Crippen molar-refractivity contribution in [3.63, 3.8) is 0 Å². The number of methoxy groups -OCH3 is 3. The monoisotopic (exact) mass is 419 g/mol. The lowest BCUT2D eigenvalue weighted by molar-refractivity contribution is -0.141. The second-order valence-electron chi connectivity index (χ2n) is 6.51. The van der Waals surface area contributed by atoms with Gasteiger partial charge in [-0.1, -0.05) is 11.3 Å². The zero-order chi connectivity index (χ0) is 22.3. The van der Waals surface area contributed by atoms with E-state index in [0.29, 0.717) is 17.1 Å². The van der Waals surface area contributed by atoms with Gasteiger partial charge in [-0.2, -0.15) is 0 Å². The molecule has 1 atom stereocenters. The van der Waals surface area contributed by atoms with Gasteiger partial charge in [0.25, 0.3) is 5.91 Å². The minimum atomic E-state index is -0.710. The zero-order valence-corrected chi connectivity index (χ0v) is 17.5. The Kier molecular flexibility index (Phi) is 7.73. The fraction of sp³-hybridized carbons (Fsp3) is 0.421. The highest BCUT2D eigenvalue weighted by molar-refractivity contribution is 5.92. The number of esters is 1. The third-order valence-corrected chi connectivity index (χ3v) is 4.28. The Morgan fingerprint density at radius 1 is 1.13 bits per heavy atom. The molecular weight excluding hydrogens is 394 g/mol. The zero-order valence-electron chi connectivity index (χ0n) is 17.5. The van der Waals surface area contributed by atoms with E-state index >= 15 is 0 Å². The molecule has 2 rings (SSSR count). The molecule has 0 radical (unpaired) electrons. The molecule has 1 heterocycles. The minimum Gasteiger partial charge on any atom is -0.493 e. The average molecular weight is 419 g/mol. The summed E-state index contributed by atoms with van der Waals surface area (Å²) in [6, 6.07) is 4.34. The van der Waals surface area contributed by atoms with E-state index in [9.17, 15) is 14.4 Å². The molecule has 1 N–H and O–H groups in total. The van der Waals surface area contributed by atoms with Crippen LogP contribution in [0, 0.1) is 0 Å². The number of likely N-dealkylation sites (N-methyl/N-ethyl adjacent to an activating group) is 1. The number of hydrogen-bond acceptors (Lipinski definition) is 8. The number of rotatable bonds is 9. The number of ether oxygens (including phenoxy) is 3. The van der Waals surface area contributed by atoms with Crippen molar-refractivity contribution in [1.82, 2.24) is 25.2 Å². The highest BCUT2D eigenvalue weighted by Crippen LogP contribution is 2.31. The number of carbonyl (C=O) groups is 3. The Morgan fingerprint density at radius 3 is 2.43 bits per heavy atom. The molecule has 162 valence electrons. The Balaban J connectivity index is 2.22. The van der Waals surface area contributed by atoms with Gasteiger partial charge >= 0.3 is 5.97 Å². The quantitative estimate of drug-likeness (QED) is 0.580. The third kappa shape index (κ3) is 5.69. The first-order valence-electron chi connectivity index (χ1n) is 8.98. The topological polar surface area (TPSA) is 125 Å². The summed E-state index contributed by atoms with van der Waals surface area (Å²) in [6.07, 6.45) is 1.26. The molecule has 1 aromatic carbocycles. The van der Waals surface area contributed by atoms with E-state index in [0.717, 1.165) is 0 Å². The van der Waals surface area contributed by atoms with Crippen LogP contribution in [0.1, 0.15) is 28.5 Å². The van der Waals surface area contributed by atoms with E-state index in [1.54, 1.807) is 32.3 Å². The second kappa shape index (κ2) is 10.2. The predicted octanol–water partition coefficient (Wildman–Crippen LogP) is 0.418. The van der Waals surface area contributed by atoms with E-state index in [2.05, 4.69) is 15.6 Å². The van der Waals surface area contributed by atoms with Crippen LogP contribution >= 0.6 is 0 Å². The molecule has 11 heteroatoms. The van der Waals surface area contributed by atoms with Crippen LogP contribution in [0.5, 0.6) is 11.5 Å². The minimum absolute atomic E-state index is 0.0110. The van der Waals surface area contributed by atoms with Crippen molar-refractivity contribution in [3.8, 4) is 11.5 Å². The summed E-state index contributed by atoms with van der Waals surface area (Å²) in [6.45, 7) is -0.0471. The number of hydrogen-bond donors (Lipinski definition) is 1. The Labute approximate surface area is 173 Å². The molecule has 0 aliphatic heterocycles. The molecule has 0 bridgehead atoms. The van der Waals surface area contributed by atoms with Crippen LogP contribution in [0.4, 0.5) is 0 Å². The van der Waals surface area contributed by atoms with Gasteiger partial charge in [0.15, 0.2) is 17.2 Å². The van der Waals surface area contributed by atoms with Gasteiger partial charge in [0.2, 0.25) is 5.91 Å². The molecule has 0 saturated heterocycles. The predicted molar refractivity (Wildman–Crippen MR) is 105 cm³/mol. The summed E-state index contributed by atoms with van der Waals surface area (Å²) in [5.41, 5.74) is 0.624. The molecule has 0 fully saturated rings. The maximum atomic E-state index is 12.7.